The molecule has 0 spiro atoms. The van der Waals surface area contributed by atoms with E-state index in [0.29, 0.717) is 17.9 Å². The number of H-pyrrole nitrogens is 1. The molecule has 4 nitrogen and oxygen atoms in total. The predicted octanol–water partition coefficient (Wildman–Crippen LogP) is 2.08. The second-order valence-electron chi connectivity index (χ2n) is 4.23. The normalized spacial score (nSPS) is 14.5. The van der Waals surface area contributed by atoms with E-state index in [4.69, 9.17) is 5.73 Å². The average Bonchev–Trinajstić information content (AvgIpc) is 2.81. The summed E-state index contributed by atoms with van der Waals surface area (Å²) in [5.41, 5.74) is 6.02. The summed E-state index contributed by atoms with van der Waals surface area (Å²) in [4.78, 5) is 19.8. The Balaban J connectivity index is 2.55. The molecule has 2 aromatic rings. The van der Waals surface area contributed by atoms with E-state index in [1.54, 1.807) is 11.3 Å². The minimum Gasteiger partial charge on any atom is -0.319 e. The molecule has 1 atom stereocenters. The van der Waals surface area contributed by atoms with E-state index in [9.17, 15) is 4.79 Å². The number of aromatic amines is 1. The third-order valence-electron chi connectivity index (χ3n) is 2.79. The Morgan fingerprint density at radius 2 is 2.35 bits per heavy atom. The topological polar surface area (TPSA) is 71.8 Å². The average molecular weight is 249 g/mol. The summed E-state index contributed by atoms with van der Waals surface area (Å²) < 4.78 is 0. The summed E-state index contributed by atoms with van der Waals surface area (Å²) >= 11 is 1.56. The molecule has 0 saturated carbocycles. The van der Waals surface area contributed by atoms with Gasteiger partial charge in [-0.2, -0.15) is 0 Å². The van der Waals surface area contributed by atoms with Crippen molar-refractivity contribution >= 4 is 11.3 Å². The molecule has 2 heterocycles. The van der Waals surface area contributed by atoms with Gasteiger partial charge in [0.1, 0.15) is 5.82 Å². The molecule has 17 heavy (non-hydrogen) atoms. The zero-order valence-electron chi connectivity index (χ0n) is 9.86. The molecule has 2 aromatic heterocycles. The molecule has 0 bridgehead atoms. The van der Waals surface area contributed by atoms with Gasteiger partial charge in [0.15, 0.2) is 0 Å². The Hall–Kier alpha value is -1.46. The van der Waals surface area contributed by atoms with Gasteiger partial charge in [0.2, 0.25) is 0 Å². The fraction of sp³-hybridized carbons (Fsp3) is 0.333. The summed E-state index contributed by atoms with van der Waals surface area (Å²) in [5, 5.41) is 1.96. The number of nitrogens with two attached hydrogens (primary N) is 1. The predicted molar refractivity (Wildman–Crippen MR) is 70.0 cm³/mol. The Labute approximate surface area is 104 Å². The van der Waals surface area contributed by atoms with Gasteiger partial charge in [0.05, 0.1) is 16.1 Å². The van der Waals surface area contributed by atoms with Gasteiger partial charge in [0, 0.05) is 6.07 Å². The number of thiophene rings is 1. The van der Waals surface area contributed by atoms with Crippen LogP contribution in [0, 0.1) is 0 Å². The van der Waals surface area contributed by atoms with Gasteiger partial charge < -0.3 is 10.7 Å². The number of nitrogens with one attached hydrogen (secondary N) is 1. The first-order valence-corrected chi connectivity index (χ1v) is 6.35. The molecule has 90 valence electrons. The fourth-order valence-corrected chi connectivity index (χ4v) is 2.13. The molecule has 0 unspecified atom stereocenters. The molecule has 0 aliphatic heterocycles. The molecular weight excluding hydrogens is 234 g/mol. The molecule has 2 rings (SSSR count). The lowest BCUT2D eigenvalue weighted by Crippen LogP contribution is -2.36. The highest BCUT2D eigenvalue weighted by Gasteiger charge is 2.22. The Morgan fingerprint density at radius 3 is 2.94 bits per heavy atom. The maximum Gasteiger partial charge on any atom is 0.251 e. The van der Waals surface area contributed by atoms with Crippen LogP contribution in [0.25, 0.3) is 10.6 Å². The van der Waals surface area contributed by atoms with Crippen molar-refractivity contribution in [3.63, 3.8) is 0 Å². The van der Waals surface area contributed by atoms with Crippen LogP contribution in [-0.4, -0.2) is 9.97 Å². The van der Waals surface area contributed by atoms with Crippen molar-refractivity contribution in [3.05, 3.63) is 39.8 Å². The highest BCUT2D eigenvalue weighted by atomic mass is 32.1. The fourth-order valence-electron chi connectivity index (χ4n) is 1.45. The zero-order chi connectivity index (χ0) is 12.5. The molecule has 0 amide bonds. The molecular formula is C12H15N3OS. The van der Waals surface area contributed by atoms with Gasteiger partial charge in [-0.1, -0.05) is 13.0 Å². The van der Waals surface area contributed by atoms with Gasteiger partial charge in [-0.05, 0) is 24.8 Å². The van der Waals surface area contributed by atoms with Gasteiger partial charge in [-0.15, -0.1) is 11.3 Å². The van der Waals surface area contributed by atoms with Crippen molar-refractivity contribution in [1.29, 1.82) is 0 Å². The number of hydrogen-bond donors (Lipinski definition) is 2. The quantitative estimate of drug-likeness (QED) is 0.874. The molecule has 0 saturated heterocycles. The van der Waals surface area contributed by atoms with E-state index in [2.05, 4.69) is 9.97 Å². The molecule has 0 fully saturated rings. The standard InChI is InChI=1S/C12H15N3OS/c1-3-12(2,13)11-14-8(7-10(16)15-11)9-5-4-6-17-9/h4-7H,3,13H2,1-2H3,(H,14,15,16)/t12-/m1/s1. The molecule has 0 aromatic carbocycles. The number of aromatic nitrogens is 2. The molecule has 0 aliphatic rings. The first-order valence-electron chi connectivity index (χ1n) is 5.47. The second-order valence-corrected chi connectivity index (χ2v) is 5.18. The van der Waals surface area contributed by atoms with Crippen molar-refractivity contribution in [1.82, 2.24) is 9.97 Å². The number of nitrogens with zero attached hydrogens (tertiary/aromatic N) is 1. The largest absolute Gasteiger partial charge is 0.319 e. The summed E-state index contributed by atoms with van der Waals surface area (Å²) in [6.45, 7) is 3.83. The summed E-state index contributed by atoms with van der Waals surface area (Å²) in [6.07, 6.45) is 0.712. The highest BCUT2D eigenvalue weighted by Crippen LogP contribution is 2.23. The summed E-state index contributed by atoms with van der Waals surface area (Å²) in [5.74, 6) is 0.538. The van der Waals surface area contributed by atoms with Gasteiger partial charge in [-0.25, -0.2) is 4.98 Å². The summed E-state index contributed by atoms with van der Waals surface area (Å²) in [7, 11) is 0. The molecule has 0 radical (unpaired) electrons. The van der Waals surface area contributed by atoms with Crippen molar-refractivity contribution in [2.45, 2.75) is 25.8 Å². The smallest absolute Gasteiger partial charge is 0.251 e. The van der Waals surface area contributed by atoms with Gasteiger partial charge >= 0.3 is 0 Å². The monoisotopic (exact) mass is 249 g/mol. The number of rotatable bonds is 3. The van der Waals surface area contributed by atoms with Crippen LogP contribution in [0.1, 0.15) is 26.1 Å². The Kier molecular flexibility index (Phi) is 3.13. The van der Waals surface area contributed by atoms with Crippen LogP contribution >= 0.6 is 11.3 Å². The van der Waals surface area contributed by atoms with Crippen molar-refractivity contribution in [2.75, 3.05) is 0 Å². The lowest BCUT2D eigenvalue weighted by Gasteiger charge is -2.21. The van der Waals surface area contributed by atoms with Crippen molar-refractivity contribution in [2.24, 2.45) is 5.73 Å². The van der Waals surface area contributed by atoms with Gasteiger partial charge in [0.25, 0.3) is 5.56 Å². The minimum atomic E-state index is -0.605. The lowest BCUT2D eigenvalue weighted by molar-refractivity contribution is 0.444. The van der Waals surface area contributed by atoms with Crippen molar-refractivity contribution < 1.29 is 0 Å². The SMILES string of the molecule is CC[C@@](C)(N)c1nc(-c2cccs2)cc(=O)[nH]1. The van der Waals surface area contributed by atoms with E-state index in [1.807, 2.05) is 31.4 Å². The molecule has 3 N–H and O–H groups in total. The van der Waals surface area contributed by atoms with E-state index in [1.165, 1.54) is 6.07 Å². The Morgan fingerprint density at radius 1 is 1.59 bits per heavy atom. The molecule has 0 aliphatic carbocycles. The van der Waals surface area contributed by atoms with Crippen LogP contribution in [0.15, 0.2) is 28.4 Å². The minimum absolute atomic E-state index is 0.163. The number of hydrogen-bond acceptors (Lipinski definition) is 4. The van der Waals surface area contributed by atoms with Crippen molar-refractivity contribution in [3.8, 4) is 10.6 Å². The van der Waals surface area contributed by atoms with E-state index in [-0.39, 0.29) is 5.56 Å². The van der Waals surface area contributed by atoms with E-state index >= 15 is 0 Å². The van der Waals surface area contributed by atoms with Crippen LogP contribution in [0.2, 0.25) is 0 Å². The zero-order valence-corrected chi connectivity index (χ0v) is 10.7. The second kappa shape index (κ2) is 4.43. The van der Waals surface area contributed by atoms with Crippen LogP contribution in [0.4, 0.5) is 0 Å². The van der Waals surface area contributed by atoms with Crippen LogP contribution in [0.3, 0.4) is 0 Å². The third kappa shape index (κ3) is 2.45. The van der Waals surface area contributed by atoms with E-state index in [0.717, 1.165) is 4.88 Å². The lowest BCUT2D eigenvalue weighted by atomic mass is 9.99. The third-order valence-corrected chi connectivity index (χ3v) is 3.68. The highest BCUT2D eigenvalue weighted by molar-refractivity contribution is 7.13. The van der Waals surface area contributed by atoms with Crippen LogP contribution < -0.4 is 11.3 Å². The van der Waals surface area contributed by atoms with Crippen LogP contribution in [-0.2, 0) is 5.54 Å². The molecule has 5 heteroatoms. The maximum absolute atomic E-state index is 11.6. The van der Waals surface area contributed by atoms with E-state index < -0.39 is 5.54 Å². The first kappa shape index (κ1) is 12.0. The first-order chi connectivity index (χ1) is 8.03. The Bertz CT molecular complexity index is 557. The van der Waals surface area contributed by atoms with Gasteiger partial charge in [-0.3, -0.25) is 4.79 Å². The summed E-state index contributed by atoms with van der Waals surface area (Å²) in [6, 6.07) is 5.38. The maximum atomic E-state index is 11.6. The van der Waals surface area contributed by atoms with Crippen LogP contribution in [0.5, 0.6) is 0 Å².